The van der Waals surface area contributed by atoms with Crippen LogP contribution in [-0.4, -0.2) is 35.1 Å². The highest BCUT2D eigenvalue weighted by Gasteiger charge is 2.14. The normalized spacial score (nSPS) is 11.4. The minimum absolute atomic E-state index is 0.163. The number of rotatable bonds is 8. The summed E-state index contributed by atoms with van der Waals surface area (Å²) in [7, 11) is 0. The van der Waals surface area contributed by atoms with Crippen LogP contribution in [0, 0.1) is 0 Å². The molecule has 0 aliphatic carbocycles. The zero-order chi connectivity index (χ0) is 28.5. The van der Waals surface area contributed by atoms with Crippen molar-refractivity contribution >= 4 is 46.4 Å². The van der Waals surface area contributed by atoms with E-state index in [4.69, 9.17) is 8.83 Å². The van der Waals surface area contributed by atoms with E-state index in [0.717, 1.165) is 0 Å². The van der Waals surface area contributed by atoms with Crippen molar-refractivity contribution in [2.24, 2.45) is 10.2 Å². The second kappa shape index (κ2) is 12.6. The number of amides is 4. The largest absolute Gasteiger partial charge is 0.459 e. The molecule has 202 valence electrons. The third-order valence-electron chi connectivity index (χ3n) is 5.42. The van der Waals surface area contributed by atoms with Crippen LogP contribution in [0.15, 0.2) is 104 Å². The number of nitrogens with one attached hydrogen (secondary N) is 4. The maximum absolute atomic E-state index is 12.2. The predicted octanol–water partition coefficient (Wildman–Crippen LogP) is 3.76. The number of carbonyl (C=O) groups excluding carboxylic acids is 4. The van der Waals surface area contributed by atoms with E-state index in [2.05, 4.69) is 31.7 Å². The molecule has 0 bridgehead atoms. The molecule has 0 spiro atoms. The van der Waals surface area contributed by atoms with Gasteiger partial charge in [0.15, 0.2) is 11.5 Å². The van der Waals surface area contributed by atoms with E-state index < -0.39 is 23.6 Å². The third kappa shape index (κ3) is 7.16. The molecule has 40 heavy (non-hydrogen) atoms. The van der Waals surface area contributed by atoms with Gasteiger partial charge in [-0.2, -0.15) is 10.2 Å². The number of hydrazone groups is 2. The molecular formula is C28H24N6O6. The molecule has 2 heterocycles. The smallest absolute Gasteiger partial charge is 0.331 e. The average Bonchev–Trinajstić information content (AvgIpc) is 3.70. The molecule has 0 unspecified atom stereocenters. The first-order valence-corrected chi connectivity index (χ1v) is 11.9. The monoisotopic (exact) mass is 540 g/mol. The maximum Gasteiger partial charge on any atom is 0.331 e. The van der Waals surface area contributed by atoms with Gasteiger partial charge in [0.25, 0.3) is 11.8 Å². The Bertz CT molecular complexity index is 1470. The summed E-state index contributed by atoms with van der Waals surface area (Å²) >= 11 is 0. The Hall–Kier alpha value is -5.78. The van der Waals surface area contributed by atoms with E-state index in [0.29, 0.717) is 33.9 Å². The number of anilines is 2. The lowest BCUT2D eigenvalue weighted by molar-refractivity contribution is -0.139. The van der Waals surface area contributed by atoms with Crippen molar-refractivity contribution in [1.29, 1.82) is 0 Å². The number of nitrogens with zero attached hydrogens (tertiary/aromatic N) is 2. The van der Waals surface area contributed by atoms with Crippen LogP contribution >= 0.6 is 0 Å². The zero-order valence-electron chi connectivity index (χ0n) is 21.4. The molecule has 4 N–H and O–H groups in total. The lowest BCUT2D eigenvalue weighted by Crippen LogP contribution is -2.36. The summed E-state index contributed by atoms with van der Waals surface area (Å²) in [6.45, 7) is 3.26. The SMILES string of the molecule is C/C(=N\NC(=O)C(=O)N/N=C(\C)c1cccc(NC(=O)c2ccco2)c1)c1cccc(NC(=O)c2ccco2)c1. The summed E-state index contributed by atoms with van der Waals surface area (Å²) in [5.41, 5.74) is 7.33. The number of hydrogen-bond acceptors (Lipinski definition) is 8. The van der Waals surface area contributed by atoms with Crippen LogP contribution in [0.1, 0.15) is 46.1 Å². The number of hydrogen-bond donors (Lipinski definition) is 4. The van der Waals surface area contributed by atoms with E-state index >= 15 is 0 Å². The summed E-state index contributed by atoms with van der Waals surface area (Å²) in [6, 6.07) is 19.9. The highest BCUT2D eigenvalue weighted by atomic mass is 16.3. The van der Waals surface area contributed by atoms with Crippen LogP contribution in [0.4, 0.5) is 11.4 Å². The van der Waals surface area contributed by atoms with Crippen molar-refractivity contribution in [3.63, 3.8) is 0 Å². The molecule has 2 aromatic carbocycles. The Balaban J connectivity index is 1.32. The molecule has 4 amide bonds. The summed E-state index contributed by atoms with van der Waals surface area (Å²) in [5.74, 6) is -2.56. The van der Waals surface area contributed by atoms with Crippen molar-refractivity contribution in [2.45, 2.75) is 13.8 Å². The first kappa shape index (κ1) is 27.3. The van der Waals surface area contributed by atoms with Gasteiger partial charge >= 0.3 is 11.8 Å². The van der Waals surface area contributed by atoms with Crippen molar-refractivity contribution < 1.29 is 28.0 Å². The molecular weight excluding hydrogens is 516 g/mol. The van der Waals surface area contributed by atoms with Gasteiger partial charge in [-0.05, 0) is 73.5 Å². The van der Waals surface area contributed by atoms with E-state index in [1.54, 1.807) is 86.6 Å². The summed E-state index contributed by atoms with van der Waals surface area (Å²) in [6.07, 6.45) is 2.80. The quantitative estimate of drug-likeness (QED) is 0.151. The molecule has 0 aliphatic heterocycles. The molecule has 12 heteroatoms. The molecule has 4 rings (SSSR count). The Labute approximate surface area is 228 Å². The van der Waals surface area contributed by atoms with Gasteiger partial charge in [0.05, 0.1) is 23.9 Å². The molecule has 0 radical (unpaired) electrons. The fourth-order valence-electron chi connectivity index (χ4n) is 3.34. The molecule has 0 atom stereocenters. The first-order chi connectivity index (χ1) is 19.3. The highest BCUT2D eigenvalue weighted by molar-refractivity contribution is 6.35. The van der Waals surface area contributed by atoms with Gasteiger partial charge in [-0.15, -0.1) is 0 Å². The highest BCUT2D eigenvalue weighted by Crippen LogP contribution is 2.15. The molecule has 0 saturated carbocycles. The summed E-state index contributed by atoms with van der Waals surface area (Å²) < 4.78 is 10.2. The molecule has 0 fully saturated rings. The van der Waals surface area contributed by atoms with Crippen LogP contribution < -0.4 is 21.5 Å². The van der Waals surface area contributed by atoms with Crippen LogP contribution in [0.3, 0.4) is 0 Å². The van der Waals surface area contributed by atoms with Gasteiger partial charge in [0, 0.05) is 11.4 Å². The fourth-order valence-corrected chi connectivity index (χ4v) is 3.34. The van der Waals surface area contributed by atoms with Gasteiger partial charge in [0.2, 0.25) is 0 Å². The topological polar surface area (TPSA) is 167 Å². The van der Waals surface area contributed by atoms with Crippen LogP contribution in [0.25, 0.3) is 0 Å². The van der Waals surface area contributed by atoms with E-state index in [-0.39, 0.29) is 11.5 Å². The summed E-state index contributed by atoms with van der Waals surface area (Å²) in [4.78, 5) is 48.8. The number of carbonyl (C=O) groups is 4. The van der Waals surface area contributed by atoms with Crippen molar-refractivity contribution in [3.8, 4) is 0 Å². The van der Waals surface area contributed by atoms with Crippen LogP contribution in [-0.2, 0) is 9.59 Å². The van der Waals surface area contributed by atoms with Crippen molar-refractivity contribution in [2.75, 3.05) is 10.6 Å². The molecule has 4 aromatic rings. The maximum atomic E-state index is 12.2. The van der Waals surface area contributed by atoms with E-state index in [9.17, 15) is 19.2 Å². The standard InChI is InChI=1S/C28H24N6O6/c1-17(19-7-3-9-21(15-19)29-25(35)23-11-5-13-39-23)31-33-27(37)28(38)34-32-18(2)20-8-4-10-22(16-20)30-26(36)24-12-6-14-40-24/h3-16H,1-2H3,(H,29,35)(H,30,36)(H,33,37)(H,34,38)/b31-17+,32-18+. The Morgan fingerprint density at radius 1 is 0.600 bits per heavy atom. The molecule has 2 aromatic heterocycles. The minimum atomic E-state index is -1.03. The summed E-state index contributed by atoms with van der Waals surface area (Å²) in [5, 5.41) is 13.3. The second-order valence-electron chi connectivity index (χ2n) is 8.30. The minimum Gasteiger partial charge on any atom is -0.459 e. The van der Waals surface area contributed by atoms with Gasteiger partial charge in [-0.25, -0.2) is 10.9 Å². The van der Waals surface area contributed by atoms with E-state index in [1.807, 2.05) is 0 Å². The Morgan fingerprint density at radius 2 is 1.02 bits per heavy atom. The second-order valence-corrected chi connectivity index (χ2v) is 8.30. The molecule has 0 saturated heterocycles. The lowest BCUT2D eigenvalue weighted by Gasteiger charge is -2.07. The van der Waals surface area contributed by atoms with Gasteiger partial charge in [0.1, 0.15) is 0 Å². The van der Waals surface area contributed by atoms with Gasteiger partial charge in [-0.1, -0.05) is 24.3 Å². The van der Waals surface area contributed by atoms with E-state index in [1.165, 1.54) is 12.5 Å². The van der Waals surface area contributed by atoms with Crippen molar-refractivity contribution in [1.82, 2.24) is 10.9 Å². The van der Waals surface area contributed by atoms with Crippen LogP contribution in [0.2, 0.25) is 0 Å². The van der Waals surface area contributed by atoms with Crippen LogP contribution in [0.5, 0.6) is 0 Å². The molecule has 12 nitrogen and oxygen atoms in total. The number of furan rings is 2. The molecule has 0 aliphatic rings. The zero-order valence-corrected chi connectivity index (χ0v) is 21.4. The van der Waals surface area contributed by atoms with Crippen molar-refractivity contribution in [3.05, 3.63) is 108 Å². The van der Waals surface area contributed by atoms with Gasteiger partial charge in [-0.3, -0.25) is 19.2 Å². The lowest BCUT2D eigenvalue weighted by atomic mass is 10.1. The predicted molar refractivity (Wildman–Crippen MR) is 147 cm³/mol. The van der Waals surface area contributed by atoms with Gasteiger partial charge < -0.3 is 19.5 Å². The first-order valence-electron chi connectivity index (χ1n) is 11.9. The Morgan fingerprint density at radius 3 is 1.40 bits per heavy atom. The number of benzene rings is 2. The third-order valence-corrected chi connectivity index (χ3v) is 5.42. The Kier molecular flexibility index (Phi) is 8.62. The fraction of sp³-hybridized carbons (Fsp3) is 0.0714. The average molecular weight is 541 g/mol.